The molecule has 216 valence electrons. The van der Waals surface area contributed by atoms with Crippen molar-refractivity contribution in [2.24, 2.45) is 11.3 Å². The van der Waals surface area contributed by atoms with E-state index in [2.05, 4.69) is 5.32 Å². The summed E-state index contributed by atoms with van der Waals surface area (Å²) in [7, 11) is 0. The molecule has 0 unspecified atom stereocenters. The molecule has 0 aromatic heterocycles. The number of ketones is 1. The number of benzene rings is 2. The van der Waals surface area contributed by atoms with Crippen molar-refractivity contribution in [2.75, 3.05) is 19.6 Å². The van der Waals surface area contributed by atoms with Crippen molar-refractivity contribution in [3.63, 3.8) is 0 Å². The SMILES string of the molecule is CC[C@@H](C)C(=O)N[C@H](C(=O)N1CCC[C@H]1CN(CCc1ccccc1)C(=O)C(=O)Cc1ccccc1)C(C)(C)C. The fraction of sp³-hybridized carbons (Fsp3) is 0.515. The summed E-state index contributed by atoms with van der Waals surface area (Å²) >= 11 is 0. The van der Waals surface area contributed by atoms with Crippen LogP contribution in [0.3, 0.4) is 0 Å². The Kier molecular flexibility index (Phi) is 11.1. The van der Waals surface area contributed by atoms with Crippen LogP contribution in [0.25, 0.3) is 0 Å². The van der Waals surface area contributed by atoms with E-state index in [9.17, 15) is 19.2 Å². The molecule has 3 amide bonds. The number of Topliss-reactive ketones (excluding diaryl/α,β-unsaturated/α-hetero) is 1. The smallest absolute Gasteiger partial charge is 0.290 e. The number of likely N-dealkylation sites (tertiary alicyclic amines) is 1. The van der Waals surface area contributed by atoms with Gasteiger partial charge in [-0.1, -0.05) is 95.3 Å². The van der Waals surface area contributed by atoms with E-state index in [4.69, 9.17) is 0 Å². The van der Waals surface area contributed by atoms with Gasteiger partial charge >= 0.3 is 0 Å². The van der Waals surface area contributed by atoms with E-state index in [-0.39, 0.29) is 36.7 Å². The van der Waals surface area contributed by atoms with Crippen molar-refractivity contribution in [1.29, 1.82) is 0 Å². The summed E-state index contributed by atoms with van der Waals surface area (Å²) < 4.78 is 0. The van der Waals surface area contributed by atoms with Crippen LogP contribution < -0.4 is 5.32 Å². The summed E-state index contributed by atoms with van der Waals surface area (Å²) in [6.45, 7) is 10.9. The standard InChI is InChI=1S/C33H45N3O4/c1-6-24(2)30(38)34-29(33(3,4)5)32(40)36-20-13-18-27(36)23-35(21-19-25-14-9-7-10-15-25)31(39)28(37)22-26-16-11-8-12-17-26/h7-12,14-17,24,27,29H,6,13,18-23H2,1-5H3,(H,34,38)/t24-,27+,29-/m1/s1. The minimum Gasteiger partial charge on any atom is -0.344 e. The van der Waals surface area contributed by atoms with Crippen LogP contribution in [-0.4, -0.2) is 65.0 Å². The lowest BCUT2D eigenvalue weighted by atomic mass is 9.85. The van der Waals surface area contributed by atoms with Crippen molar-refractivity contribution in [3.8, 4) is 0 Å². The molecule has 1 saturated heterocycles. The zero-order valence-electron chi connectivity index (χ0n) is 24.7. The quantitative estimate of drug-likeness (QED) is 0.398. The molecule has 0 bridgehead atoms. The first-order valence-electron chi connectivity index (χ1n) is 14.5. The van der Waals surface area contributed by atoms with Crippen LogP contribution >= 0.6 is 0 Å². The van der Waals surface area contributed by atoms with Gasteiger partial charge in [0.1, 0.15) is 6.04 Å². The molecular formula is C33H45N3O4. The van der Waals surface area contributed by atoms with Crippen LogP contribution in [-0.2, 0) is 32.0 Å². The first-order chi connectivity index (χ1) is 19.0. The van der Waals surface area contributed by atoms with E-state index >= 15 is 0 Å². The van der Waals surface area contributed by atoms with Gasteiger partial charge in [0, 0.05) is 38.0 Å². The third-order valence-electron chi connectivity index (χ3n) is 7.80. The van der Waals surface area contributed by atoms with E-state index in [0.717, 1.165) is 24.0 Å². The van der Waals surface area contributed by atoms with Gasteiger partial charge in [0.15, 0.2) is 0 Å². The average Bonchev–Trinajstić information content (AvgIpc) is 3.41. The highest BCUT2D eigenvalue weighted by Crippen LogP contribution is 2.27. The van der Waals surface area contributed by atoms with E-state index in [0.29, 0.717) is 25.9 Å². The van der Waals surface area contributed by atoms with Gasteiger partial charge in [0.2, 0.25) is 17.6 Å². The van der Waals surface area contributed by atoms with Crippen molar-refractivity contribution >= 4 is 23.5 Å². The number of carbonyl (C=O) groups excluding carboxylic acids is 4. The summed E-state index contributed by atoms with van der Waals surface area (Å²) in [5.41, 5.74) is 1.39. The minimum atomic E-state index is -0.678. The second-order valence-electron chi connectivity index (χ2n) is 12.0. The lowest BCUT2D eigenvalue weighted by Gasteiger charge is -2.37. The summed E-state index contributed by atoms with van der Waals surface area (Å²) in [6.07, 6.45) is 2.90. The van der Waals surface area contributed by atoms with Crippen molar-refractivity contribution in [2.45, 2.75) is 78.8 Å². The number of hydrogen-bond donors (Lipinski definition) is 1. The maximum absolute atomic E-state index is 13.9. The molecule has 0 radical (unpaired) electrons. The number of carbonyl (C=O) groups is 4. The van der Waals surface area contributed by atoms with Gasteiger partial charge in [-0.3, -0.25) is 19.2 Å². The van der Waals surface area contributed by atoms with Crippen molar-refractivity contribution < 1.29 is 19.2 Å². The van der Waals surface area contributed by atoms with Gasteiger partial charge in [0.05, 0.1) is 0 Å². The molecule has 1 fully saturated rings. The van der Waals surface area contributed by atoms with E-state index in [1.807, 2.05) is 100 Å². The molecule has 0 aliphatic carbocycles. The van der Waals surface area contributed by atoms with Crippen LogP contribution in [0.5, 0.6) is 0 Å². The van der Waals surface area contributed by atoms with Gasteiger partial charge in [-0.15, -0.1) is 0 Å². The monoisotopic (exact) mass is 547 g/mol. The molecule has 1 heterocycles. The molecular weight excluding hydrogens is 502 g/mol. The van der Waals surface area contributed by atoms with Crippen LogP contribution in [0.15, 0.2) is 60.7 Å². The fourth-order valence-electron chi connectivity index (χ4n) is 5.07. The van der Waals surface area contributed by atoms with Crippen molar-refractivity contribution in [3.05, 3.63) is 71.8 Å². The van der Waals surface area contributed by atoms with Crippen LogP contribution in [0, 0.1) is 11.3 Å². The molecule has 3 rings (SSSR count). The summed E-state index contributed by atoms with van der Waals surface area (Å²) in [6, 6.07) is 18.3. The molecule has 3 atom stereocenters. The normalized spacial score (nSPS) is 16.7. The minimum absolute atomic E-state index is 0.0442. The molecule has 7 heteroatoms. The Balaban J connectivity index is 1.79. The molecule has 2 aromatic carbocycles. The summed E-state index contributed by atoms with van der Waals surface area (Å²) in [5, 5.41) is 3.01. The number of nitrogens with one attached hydrogen (secondary N) is 1. The van der Waals surface area contributed by atoms with Gasteiger partial charge < -0.3 is 15.1 Å². The van der Waals surface area contributed by atoms with Crippen LogP contribution in [0.4, 0.5) is 0 Å². The molecule has 40 heavy (non-hydrogen) atoms. The third kappa shape index (κ3) is 8.51. The van der Waals surface area contributed by atoms with Gasteiger partial charge in [0.25, 0.3) is 5.91 Å². The Hall–Kier alpha value is -3.48. The van der Waals surface area contributed by atoms with Crippen molar-refractivity contribution in [1.82, 2.24) is 15.1 Å². The predicted molar refractivity (Wildman–Crippen MR) is 157 cm³/mol. The second-order valence-corrected chi connectivity index (χ2v) is 12.0. The Morgan fingerprint density at radius 2 is 1.57 bits per heavy atom. The van der Waals surface area contributed by atoms with Crippen LogP contribution in [0.1, 0.15) is 65.0 Å². The molecule has 0 spiro atoms. The Bertz CT molecular complexity index is 1140. The Labute approximate surface area is 239 Å². The molecule has 1 aliphatic heterocycles. The highest BCUT2D eigenvalue weighted by Gasteiger charge is 2.41. The van der Waals surface area contributed by atoms with E-state index < -0.39 is 23.1 Å². The number of rotatable bonds is 12. The fourth-order valence-corrected chi connectivity index (χ4v) is 5.07. The number of hydrogen-bond acceptors (Lipinski definition) is 4. The maximum Gasteiger partial charge on any atom is 0.290 e. The largest absolute Gasteiger partial charge is 0.344 e. The van der Waals surface area contributed by atoms with E-state index in [1.165, 1.54) is 0 Å². The zero-order chi connectivity index (χ0) is 29.3. The van der Waals surface area contributed by atoms with Crippen LogP contribution in [0.2, 0.25) is 0 Å². The Morgan fingerprint density at radius 3 is 2.15 bits per heavy atom. The average molecular weight is 548 g/mol. The summed E-state index contributed by atoms with van der Waals surface area (Å²) in [5.74, 6) is -1.41. The molecule has 7 nitrogen and oxygen atoms in total. The number of nitrogens with zero attached hydrogens (tertiary/aromatic N) is 2. The maximum atomic E-state index is 13.9. The highest BCUT2D eigenvalue weighted by molar-refractivity contribution is 6.36. The Morgan fingerprint density at radius 1 is 0.975 bits per heavy atom. The lowest BCUT2D eigenvalue weighted by Crippen LogP contribution is -2.58. The van der Waals surface area contributed by atoms with Gasteiger partial charge in [-0.2, -0.15) is 0 Å². The second kappa shape index (κ2) is 14.2. The summed E-state index contributed by atoms with van der Waals surface area (Å²) in [4.78, 5) is 56.7. The first-order valence-corrected chi connectivity index (χ1v) is 14.5. The van der Waals surface area contributed by atoms with Gasteiger partial charge in [-0.25, -0.2) is 0 Å². The molecule has 0 saturated carbocycles. The van der Waals surface area contributed by atoms with Gasteiger partial charge in [-0.05, 0) is 42.2 Å². The first kappa shape index (κ1) is 31.1. The predicted octanol–water partition coefficient (Wildman–Crippen LogP) is 4.44. The number of amides is 3. The molecule has 2 aromatic rings. The zero-order valence-corrected chi connectivity index (χ0v) is 24.7. The van der Waals surface area contributed by atoms with E-state index in [1.54, 1.807) is 4.90 Å². The highest BCUT2D eigenvalue weighted by atomic mass is 16.2. The lowest BCUT2D eigenvalue weighted by molar-refractivity contribution is -0.146. The molecule has 1 aliphatic rings. The topological polar surface area (TPSA) is 86.8 Å². The molecule has 1 N–H and O–H groups in total. The third-order valence-corrected chi connectivity index (χ3v) is 7.80.